The molecule has 2 aliphatic carbocycles. The molecule has 2 rings (SSSR count). The van der Waals surface area contributed by atoms with Crippen LogP contribution in [0.3, 0.4) is 0 Å². The van der Waals surface area contributed by atoms with Crippen molar-refractivity contribution in [3.63, 3.8) is 0 Å². The van der Waals surface area contributed by atoms with Crippen LogP contribution in [0.1, 0.15) is 51.9 Å². The molecule has 3 atom stereocenters. The predicted molar refractivity (Wildman–Crippen MR) is 55.0 cm³/mol. The van der Waals surface area contributed by atoms with Crippen molar-refractivity contribution < 1.29 is 9.90 Å². The topological polar surface area (TPSA) is 37.3 Å². The maximum Gasteiger partial charge on any atom is 0.309 e. The highest BCUT2D eigenvalue weighted by molar-refractivity contribution is 5.74. The van der Waals surface area contributed by atoms with Crippen LogP contribution >= 0.6 is 0 Å². The lowest BCUT2D eigenvalue weighted by Crippen LogP contribution is -2.38. The fraction of sp³-hybridized carbons (Fsp3) is 0.917. The average molecular weight is 196 g/mol. The molecule has 0 aromatic rings. The van der Waals surface area contributed by atoms with E-state index >= 15 is 0 Å². The van der Waals surface area contributed by atoms with E-state index in [1.54, 1.807) is 0 Å². The molecular formula is C12H20O2. The molecule has 1 unspecified atom stereocenters. The highest BCUT2D eigenvalue weighted by atomic mass is 16.4. The number of fused-ring (bicyclic) bond motifs is 1. The van der Waals surface area contributed by atoms with Crippen molar-refractivity contribution >= 4 is 5.97 Å². The van der Waals surface area contributed by atoms with Crippen LogP contribution in [0.2, 0.25) is 0 Å². The lowest BCUT2D eigenvalue weighted by atomic mass is 9.62. The Morgan fingerprint density at radius 3 is 2.50 bits per heavy atom. The minimum Gasteiger partial charge on any atom is -0.481 e. The molecule has 80 valence electrons. The van der Waals surface area contributed by atoms with Gasteiger partial charge in [-0.2, -0.15) is 0 Å². The molecule has 2 saturated carbocycles. The first-order chi connectivity index (χ1) is 6.62. The summed E-state index contributed by atoms with van der Waals surface area (Å²) in [4.78, 5) is 11.2. The minimum atomic E-state index is -0.582. The molecule has 0 bridgehead atoms. The summed E-state index contributed by atoms with van der Waals surface area (Å²) in [5.41, 5.74) is -0.418. The van der Waals surface area contributed by atoms with E-state index in [1.165, 1.54) is 25.7 Å². The zero-order valence-corrected chi connectivity index (χ0v) is 8.96. The number of rotatable bonds is 1. The molecule has 0 aromatic carbocycles. The Labute approximate surface area is 85.7 Å². The Kier molecular flexibility index (Phi) is 2.54. The first-order valence-corrected chi connectivity index (χ1v) is 5.85. The van der Waals surface area contributed by atoms with Crippen molar-refractivity contribution in [2.24, 2.45) is 17.3 Å². The van der Waals surface area contributed by atoms with E-state index in [9.17, 15) is 9.90 Å². The van der Waals surface area contributed by atoms with Crippen molar-refractivity contribution in [1.29, 1.82) is 0 Å². The van der Waals surface area contributed by atoms with Gasteiger partial charge in [-0.15, -0.1) is 0 Å². The fourth-order valence-corrected chi connectivity index (χ4v) is 3.31. The van der Waals surface area contributed by atoms with Gasteiger partial charge < -0.3 is 5.11 Å². The Morgan fingerprint density at radius 2 is 1.86 bits per heavy atom. The van der Waals surface area contributed by atoms with E-state index in [1.807, 2.05) is 6.92 Å². The summed E-state index contributed by atoms with van der Waals surface area (Å²) in [7, 11) is 0. The number of carboxylic acids is 1. The van der Waals surface area contributed by atoms with Crippen molar-refractivity contribution in [2.75, 3.05) is 0 Å². The molecule has 0 spiro atoms. The summed E-state index contributed by atoms with van der Waals surface area (Å²) in [5, 5.41) is 9.19. The molecule has 0 saturated heterocycles. The number of aliphatic carboxylic acids is 1. The van der Waals surface area contributed by atoms with Gasteiger partial charge in [0.25, 0.3) is 0 Å². The van der Waals surface area contributed by atoms with Crippen LogP contribution in [0.15, 0.2) is 0 Å². The SMILES string of the molecule is CC1(C(=O)O)CC[C@H]2CCCC[C@H]2C1. The number of carbonyl (C=O) groups is 1. The van der Waals surface area contributed by atoms with Crippen LogP contribution in [-0.2, 0) is 4.79 Å². The molecule has 2 heteroatoms. The zero-order chi connectivity index (χ0) is 10.2. The molecule has 2 fully saturated rings. The third-order valence-electron chi connectivity index (χ3n) is 4.36. The van der Waals surface area contributed by atoms with Gasteiger partial charge in [0.2, 0.25) is 0 Å². The van der Waals surface area contributed by atoms with Gasteiger partial charge in [-0.25, -0.2) is 0 Å². The lowest BCUT2D eigenvalue weighted by molar-refractivity contribution is -0.152. The first kappa shape index (κ1) is 10.0. The molecule has 0 radical (unpaired) electrons. The third kappa shape index (κ3) is 1.67. The van der Waals surface area contributed by atoms with Crippen molar-refractivity contribution in [1.82, 2.24) is 0 Å². The second-order valence-electron chi connectivity index (χ2n) is 5.41. The number of carboxylic acid groups (broad SMARTS) is 1. The molecule has 2 aliphatic rings. The zero-order valence-electron chi connectivity index (χ0n) is 8.96. The van der Waals surface area contributed by atoms with E-state index in [2.05, 4.69) is 0 Å². The van der Waals surface area contributed by atoms with Crippen LogP contribution in [-0.4, -0.2) is 11.1 Å². The normalized spacial score (nSPS) is 42.9. The van der Waals surface area contributed by atoms with Crippen LogP contribution in [0.5, 0.6) is 0 Å². The molecule has 2 nitrogen and oxygen atoms in total. The molecule has 0 aromatic heterocycles. The molecule has 0 aliphatic heterocycles. The van der Waals surface area contributed by atoms with Gasteiger partial charge in [0.05, 0.1) is 5.41 Å². The fourth-order valence-electron chi connectivity index (χ4n) is 3.31. The molecule has 0 heterocycles. The van der Waals surface area contributed by atoms with Crippen molar-refractivity contribution in [3.8, 4) is 0 Å². The van der Waals surface area contributed by atoms with Gasteiger partial charge in [-0.3, -0.25) is 4.79 Å². The number of hydrogen-bond donors (Lipinski definition) is 1. The summed E-state index contributed by atoms with van der Waals surface area (Å²) in [6.07, 6.45) is 8.26. The van der Waals surface area contributed by atoms with Gasteiger partial charge in [0, 0.05) is 0 Å². The third-order valence-corrected chi connectivity index (χ3v) is 4.36. The molecule has 1 N–H and O–H groups in total. The maximum absolute atomic E-state index is 11.2. The Morgan fingerprint density at radius 1 is 1.21 bits per heavy atom. The van der Waals surface area contributed by atoms with Crippen LogP contribution < -0.4 is 0 Å². The standard InChI is InChI=1S/C12H20O2/c1-12(11(13)14)7-6-9-4-2-3-5-10(9)8-12/h9-10H,2-8H2,1H3,(H,13,14)/t9-,10+,12?/m1/s1. The molecular weight excluding hydrogens is 176 g/mol. The van der Waals surface area contributed by atoms with Gasteiger partial charge in [-0.1, -0.05) is 25.7 Å². The van der Waals surface area contributed by atoms with Gasteiger partial charge in [0.1, 0.15) is 0 Å². The van der Waals surface area contributed by atoms with Crippen molar-refractivity contribution in [3.05, 3.63) is 0 Å². The molecule has 14 heavy (non-hydrogen) atoms. The summed E-state index contributed by atoms with van der Waals surface area (Å²) >= 11 is 0. The summed E-state index contributed by atoms with van der Waals surface area (Å²) in [6.45, 7) is 1.93. The highest BCUT2D eigenvalue weighted by Gasteiger charge is 2.42. The van der Waals surface area contributed by atoms with Gasteiger partial charge >= 0.3 is 5.97 Å². The number of hydrogen-bond acceptors (Lipinski definition) is 1. The van der Waals surface area contributed by atoms with E-state index < -0.39 is 11.4 Å². The van der Waals surface area contributed by atoms with E-state index in [0.717, 1.165) is 25.2 Å². The Balaban J connectivity index is 2.05. The smallest absolute Gasteiger partial charge is 0.309 e. The summed E-state index contributed by atoms with van der Waals surface area (Å²) in [5.74, 6) is 0.969. The second-order valence-corrected chi connectivity index (χ2v) is 5.41. The average Bonchev–Trinajstić information content (AvgIpc) is 2.17. The second kappa shape index (κ2) is 3.56. The first-order valence-electron chi connectivity index (χ1n) is 5.85. The quantitative estimate of drug-likeness (QED) is 0.699. The monoisotopic (exact) mass is 196 g/mol. The summed E-state index contributed by atoms with van der Waals surface area (Å²) in [6, 6.07) is 0. The summed E-state index contributed by atoms with van der Waals surface area (Å²) < 4.78 is 0. The van der Waals surface area contributed by atoms with Gasteiger partial charge in [-0.05, 0) is 38.0 Å². The Hall–Kier alpha value is -0.530. The molecule has 0 amide bonds. The van der Waals surface area contributed by atoms with Crippen molar-refractivity contribution in [2.45, 2.75) is 51.9 Å². The largest absolute Gasteiger partial charge is 0.481 e. The van der Waals surface area contributed by atoms with E-state index in [0.29, 0.717) is 5.92 Å². The maximum atomic E-state index is 11.2. The highest BCUT2D eigenvalue weighted by Crippen LogP contribution is 2.48. The van der Waals surface area contributed by atoms with Gasteiger partial charge in [0.15, 0.2) is 0 Å². The predicted octanol–water partition coefficient (Wildman–Crippen LogP) is 3.07. The lowest BCUT2D eigenvalue weighted by Gasteiger charge is -2.42. The van der Waals surface area contributed by atoms with Crippen LogP contribution in [0, 0.1) is 17.3 Å². The van der Waals surface area contributed by atoms with E-state index in [-0.39, 0.29) is 0 Å². The van der Waals surface area contributed by atoms with Crippen LogP contribution in [0.4, 0.5) is 0 Å². The Bertz CT molecular complexity index is 236. The minimum absolute atomic E-state index is 0.418. The van der Waals surface area contributed by atoms with Crippen LogP contribution in [0.25, 0.3) is 0 Å². The van der Waals surface area contributed by atoms with E-state index in [4.69, 9.17) is 0 Å².